The monoisotopic (exact) mass is 811 g/mol. The standard InChI is InChI=1S/C40H48ClN3O11.C2H6/c1-22-12-11-15-31(52-8)40(49)20-30(53-34(46)21-40)24(3)36-39(5,55-36)32(19-33(45)43(7)29-18-26(16-22)17-23(2)35(29)41)54-38(48)25(4)42(6)37(47)27-13-9-10-14-28(27)44(50)51;1-2/h9-15,17-18,24-25,30-32,36,49H,16,19-21H2,1-8H3;1-2H3/b15-11+,22-12+;/t24-,25+,30+,31-,32+,36+,39+,40-;/m1./s1. The van der Waals surface area contributed by atoms with Crippen LogP contribution in [-0.4, -0.2) is 102 Å². The third-order valence-corrected chi connectivity index (χ3v) is 11.5. The first-order chi connectivity index (χ1) is 26.8. The van der Waals surface area contributed by atoms with Crippen LogP contribution in [0.3, 0.4) is 0 Å². The molecular formula is C42H54ClN3O11. The number of hydrogen-bond donors (Lipinski definition) is 1. The molecule has 2 amide bonds. The van der Waals surface area contributed by atoms with Crippen LogP contribution in [0.5, 0.6) is 0 Å². The Hall–Kier alpha value is -4.63. The van der Waals surface area contributed by atoms with Gasteiger partial charge in [-0.3, -0.25) is 24.5 Å². The van der Waals surface area contributed by atoms with Gasteiger partial charge in [0.05, 0.1) is 34.6 Å². The zero-order valence-electron chi connectivity index (χ0n) is 34.2. The van der Waals surface area contributed by atoms with E-state index in [0.29, 0.717) is 17.1 Å². The summed E-state index contributed by atoms with van der Waals surface area (Å²) >= 11 is 6.76. The van der Waals surface area contributed by atoms with E-state index in [4.69, 9.17) is 30.5 Å². The van der Waals surface area contributed by atoms with Crippen LogP contribution in [0.1, 0.15) is 82.3 Å². The van der Waals surface area contributed by atoms with Crippen molar-refractivity contribution in [1.82, 2.24) is 4.90 Å². The molecule has 57 heavy (non-hydrogen) atoms. The molecule has 1 N–H and O–H groups in total. The van der Waals surface area contributed by atoms with Gasteiger partial charge in [0.15, 0.2) is 0 Å². The second kappa shape index (κ2) is 18.3. The molecule has 3 heterocycles. The highest BCUT2D eigenvalue weighted by Gasteiger charge is 2.64. The van der Waals surface area contributed by atoms with E-state index in [0.717, 1.165) is 21.6 Å². The number of fused-ring (bicyclic) bond motifs is 5. The van der Waals surface area contributed by atoms with Crippen LogP contribution >= 0.6 is 11.6 Å². The highest BCUT2D eigenvalue weighted by Crippen LogP contribution is 2.49. The van der Waals surface area contributed by atoms with Crippen molar-refractivity contribution < 1.29 is 48.2 Å². The van der Waals surface area contributed by atoms with Crippen LogP contribution in [0.2, 0.25) is 5.02 Å². The number of aliphatic hydroxyl groups is 1. The van der Waals surface area contributed by atoms with E-state index in [1.165, 1.54) is 50.2 Å². The number of methoxy groups -OCH3 is 1. The molecule has 5 rings (SSSR count). The van der Waals surface area contributed by atoms with E-state index in [-0.39, 0.29) is 24.8 Å². The van der Waals surface area contributed by atoms with Crippen LogP contribution in [0.4, 0.5) is 11.4 Å². The normalized spacial score (nSPS) is 29.6. The van der Waals surface area contributed by atoms with E-state index in [9.17, 15) is 34.4 Å². The Kier molecular flexibility index (Phi) is 14.5. The number of amides is 2. The molecule has 2 aromatic carbocycles. The molecule has 3 aliphatic rings. The van der Waals surface area contributed by atoms with Crippen molar-refractivity contribution in [3.63, 3.8) is 0 Å². The lowest BCUT2D eigenvalue weighted by Crippen LogP contribution is -2.53. The fourth-order valence-electron chi connectivity index (χ4n) is 7.47. The van der Waals surface area contributed by atoms with Crippen molar-refractivity contribution in [2.24, 2.45) is 5.92 Å². The number of halogens is 1. The molecule has 0 saturated carbocycles. The highest BCUT2D eigenvalue weighted by atomic mass is 35.5. The number of hydrogen-bond acceptors (Lipinski definition) is 11. The number of ether oxygens (including phenoxy) is 4. The number of esters is 2. The van der Waals surface area contributed by atoms with Crippen molar-refractivity contribution in [1.29, 1.82) is 0 Å². The largest absolute Gasteiger partial charge is 0.462 e. The van der Waals surface area contributed by atoms with Crippen molar-refractivity contribution in [2.45, 2.75) is 116 Å². The average molecular weight is 812 g/mol. The number of epoxide rings is 1. The van der Waals surface area contributed by atoms with Gasteiger partial charge < -0.3 is 33.9 Å². The lowest BCUT2D eigenvalue weighted by molar-refractivity contribution is -0.385. The first kappa shape index (κ1) is 45.1. The zero-order chi connectivity index (χ0) is 42.6. The van der Waals surface area contributed by atoms with Gasteiger partial charge in [0.2, 0.25) is 5.91 Å². The zero-order valence-corrected chi connectivity index (χ0v) is 35.0. The molecule has 2 fully saturated rings. The number of nitro groups is 1. The van der Waals surface area contributed by atoms with E-state index >= 15 is 0 Å². The third kappa shape index (κ3) is 9.74. The Labute approximate surface area is 338 Å². The SMILES string of the molecule is CC.CO[C@@H]1/C=C/C=C(\C)Cc2cc(C)c(Cl)c(c2)N(C)C(=O)C[C@H](OC(=O)[C@H](C)N(C)C(=O)c2ccccc2[N+](=O)[O-])[C@]2(C)O[C@H]2[C@H](C)[C@@H]2C[C@@]1(O)CC(=O)O2. The Balaban J connectivity index is 0.00000354. The fourth-order valence-corrected chi connectivity index (χ4v) is 7.71. The molecule has 15 heteroatoms. The minimum atomic E-state index is -1.61. The van der Waals surface area contributed by atoms with Crippen LogP contribution in [0, 0.1) is 23.0 Å². The molecule has 8 atom stereocenters. The second-order valence-corrected chi connectivity index (χ2v) is 15.4. The molecular weight excluding hydrogens is 758 g/mol. The summed E-state index contributed by atoms with van der Waals surface area (Å²) in [4.78, 5) is 67.8. The van der Waals surface area contributed by atoms with Gasteiger partial charge in [-0.2, -0.15) is 0 Å². The van der Waals surface area contributed by atoms with E-state index in [1.54, 1.807) is 33.0 Å². The minimum absolute atomic E-state index is 0.0205. The summed E-state index contributed by atoms with van der Waals surface area (Å²) in [6, 6.07) is 7.91. The third-order valence-electron chi connectivity index (χ3n) is 11.0. The van der Waals surface area contributed by atoms with Crippen LogP contribution < -0.4 is 4.90 Å². The predicted octanol–water partition coefficient (Wildman–Crippen LogP) is 6.31. The lowest BCUT2D eigenvalue weighted by atomic mass is 9.78. The maximum atomic E-state index is 14.1. The van der Waals surface area contributed by atoms with E-state index in [1.807, 2.05) is 45.9 Å². The Morgan fingerprint density at radius 3 is 2.49 bits per heavy atom. The van der Waals surface area contributed by atoms with Crippen LogP contribution in [0.25, 0.3) is 0 Å². The number of para-hydroxylation sites is 1. The maximum absolute atomic E-state index is 14.1. The summed E-state index contributed by atoms with van der Waals surface area (Å²) in [5, 5.41) is 23.8. The number of nitro benzene ring substituents is 1. The van der Waals surface area contributed by atoms with Crippen molar-refractivity contribution in [2.75, 3.05) is 26.1 Å². The van der Waals surface area contributed by atoms with Gasteiger partial charge in [-0.25, -0.2) is 4.79 Å². The van der Waals surface area contributed by atoms with Gasteiger partial charge in [0, 0.05) is 39.6 Å². The number of carbonyl (C=O) groups is 4. The topological polar surface area (TPSA) is 178 Å². The molecule has 14 nitrogen and oxygen atoms in total. The van der Waals surface area contributed by atoms with Gasteiger partial charge in [-0.15, -0.1) is 0 Å². The molecule has 2 saturated heterocycles. The first-order valence-electron chi connectivity index (χ1n) is 19.0. The smallest absolute Gasteiger partial charge is 0.328 e. The Morgan fingerprint density at radius 2 is 1.84 bits per heavy atom. The summed E-state index contributed by atoms with van der Waals surface area (Å²) in [6.45, 7) is 12.7. The van der Waals surface area contributed by atoms with Gasteiger partial charge in [-0.05, 0) is 57.4 Å². The predicted molar refractivity (Wildman–Crippen MR) is 214 cm³/mol. The molecule has 4 bridgehead atoms. The lowest BCUT2D eigenvalue weighted by Gasteiger charge is -2.41. The van der Waals surface area contributed by atoms with Crippen molar-refractivity contribution in [3.05, 3.63) is 92.0 Å². The van der Waals surface area contributed by atoms with Gasteiger partial charge in [-0.1, -0.05) is 74.4 Å². The molecule has 0 aromatic heterocycles. The molecule has 0 unspecified atom stereocenters. The van der Waals surface area contributed by atoms with Crippen molar-refractivity contribution in [3.8, 4) is 0 Å². The molecule has 3 aliphatic heterocycles. The molecule has 0 spiro atoms. The second-order valence-electron chi connectivity index (χ2n) is 15.0. The van der Waals surface area contributed by atoms with Gasteiger partial charge in [0.1, 0.15) is 41.1 Å². The quantitative estimate of drug-likeness (QED) is 0.150. The average Bonchev–Trinajstić information content (AvgIpc) is 3.87. The van der Waals surface area contributed by atoms with Gasteiger partial charge in [0.25, 0.3) is 11.6 Å². The first-order valence-corrected chi connectivity index (χ1v) is 19.4. The summed E-state index contributed by atoms with van der Waals surface area (Å²) in [7, 11) is 4.35. The summed E-state index contributed by atoms with van der Waals surface area (Å²) in [5.74, 6) is -3.28. The summed E-state index contributed by atoms with van der Waals surface area (Å²) < 4.78 is 23.7. The number of likely N-dealkylation sites (N-methyl/N-ethyl adjacent to an activating group) is 1. The number of nitrogens with zero attached hydrogens (tertiary/aromatic N) is 3. The molecule has 0 radical (unpaired) electrons. The Bertz CT molecular complexity index is 1930. The highest BCUT2D eigenvalue weighted by molar-refractivity contribution is 6.34. The number of aryl methyl sites for hydroxylation is 1. The van der Waals surface area contributed by atoms with Crippen LogP contribution in [0.15, 0.2) is 60.2 Å². The van der Waals surface area contributed by atoms with Gasteiger partial charge >= 0.3 is 11.9 Å². The Morgan fingerprint density at radius 1 is 1.18 bits per heavy atom. The number of rotatable bonds is 6. The molecule has 310 valence electrons. The summed E-state index contributed by atoms with van der Waals surface area (Å²) in [5.41, 5.74) is -0.478. The summed E-state index contributed by atoms with van der Waals surface area (Å²) in [6.07, 6.45) is 1.64. The fraction of sp³-hybridized carbons (Fsp3) is 0.524. The molecule has 0 aliphatic carbocycles. The number of anilines is 1. The van der Waals surface area contributed by atoms with E-state index in [2.05, 4.69) is 0 Å². The van der Waals surface area contributed by atoms with Crippen LogP contribution in [-0.2, 0) is 39.8 Å². The maximum Gasteiger partial charge on any atom is 0.328 e. The molecule has 2 aromatic rings. The van der Waals surface area contributed by atoms with E-state index < -0.39 is 81.9 Å². The number of benzene rings is 2. The number of allylic oxidation sites excluding steroid dienone is 3. The number of carbonyl (C=O) groups excluding carboxylic acids is 4. The van der Waals surface area contributed by atoms with Crippen molar-refractivity contribution >= 4 is 46.7 Å². The minimum Gasteiger partial charge on any atom is -0.462 e.